The van der Waals surface area contributed by atoms with Gasteiger partial charge in [-0.15, -0.1) is 0 Å². The number of carboxylic acid groups (broad SMARTS) is 1. The van der Waals surface area contributed by atoms with Crippen LogP contribution in [0, 0.1) is 5.41 Å². The molecule has 17 heavy (non-hydrogen) atoms. The van der Waals surface area contributed by atoms with Crippen molar-refractivity contribution in [2.45, 2.75) is 66.0 Å². The molecule has 0 aliphatic carbocycles. The van der Waals surface area contributed by atoms with E-state index in [1.807, 2.05) is 41.5 Å². The maximum Gasteiger partial charge on any atom is 0.303 e. The Kier molecular flexibility index (Phi) is 5.33. The van der Waals surface area contributed by atoms with Gasteiger partial charge in [-0.3, -0.25) is 9.59 Å². The van der Waals surface area contributed by atoms with Crippen LogP contribution in [0.3, 0.4) is 0 Å². The average molecular weight is 243 g/mol. The van der Waals surface area contributed by atoms with Crippen molar-refractivity contribution < 1.29 is 14.7 Å². The van der Waals surface area contributed by atoms with Crippen LogP contribution in [0.15, 0.2) is 0 Å². The Morgan fingerprint density at radius 3 is 1.88 bits per heavy atom. The van der Waals surface area contributed by atoms with E-state index < -0.39 is 17.4 Å². The molecule has 4 nitrogen and oxygen atoms in total. The van der Waals surface area contributed by atoms with Gasteiger partial charge in [-0.25, -0.2) is 0 Å². The van der Waals surface area contributed by atoms with Gasteiger partial charge >= 0.3 is 5.97 Å². The molecule has 0 saturated heterocycles. The molecule has 0 aromatic heterocycles. The number of Topliss-reactive ketones (excluding diaryl/α,β-unsaturated/α-hetero) is 1. The molecule has 0 rings (SSSR count). The van der Waals surface area contributed by atoms with Crippen LogP contribution in [0.25, 0.3) is 0 Å². The first-order valence-electron chi connectivity index (χ1n) is 5.97. The summed E-state index contributed by atoms with van der Waals surface area (Å²) in [5.74, 6) is -0.805. The highest BCUT2D eigenvalue weighted by Gasteiger charge is 2.31. The summed E-state index contributed by atoms with van der Waals surface area (Å²) in [6.45, 7) is 11.5. The van der Waals surface area contributed by atoms with E-state index in [4.69, 9.17) is 5.11 Å². The van der Waals surface area contributed by atoms with Gasteiger partial charge in [0.25, 0.3) is 0 Å². The smallest absolute Gasteiger partial charge is 0.303 e. The topological polar surface area (TPSA) is 66.4 Å². The number of hydrogen-bond donors (Lipinski definition) is 2. The minimum atomic E-state index is -0.868. The van der Waals surface area contributed by atoms with Crippen LogP contribution in [0.5, 0.6) is 0 Å². The molecule has 0 radical (unpaired) electrons. The summed E-state index contributed by atoms with van der Waals surface area (Å²) in [6.07, 6.45) is 0.346. The van der Waals surface area contributed by atoms with Gasteiger partial charge in [0.1, 0.15) is 0 Å². The fourth-order valence-electron chi connectivity index (χ4n) is 1.58. The molecule has 1 atom stereocenters. The van der Waals surface area contributed by atoms with Gasteiger partial charge in [0.05, 0.1) is 6.04 Å². The van der Waals surface area contributed by atoms with E-state index >= 15 is 0 Å². The molecule has 0 heterocycles. The molecule has 0 unspecified atom stereocenters. The number of hydrogen-bond acceptors (Lipinski definition) is 3. The first-order valence-corrected chi connectivity index (χ1v) is 5.97. The largest absolute Gasteiger partial charge is 0.481 e. The van der Waals surface area contributed by atoms with Crippen molar-refractivity contribution in [1.29, 1.82) is 0 Å². The number of rotatable bonds is 5. The number of aliphatic carboxylic acids is 1. The molecule has 100 valence electrons. The van der Waals surface area contributed by atoms with Gasteiger partial charge in [-0.1, -0.05) is 20.8 Å². The van der Waals surface area contributed by atoms with Crippen molar-refractivity contribution in [3.05, 3.63) is 0 Å². The van der Waals surface area contributed by atoms with Crippen molar-refractivity contribution in [1.82, 2.24) is 5.32 Å². The SMILES string of the molecule is CC(C)(C)N[C@H](CCC(=O)O)C(=O)C(C)(C)C. The molecular formula is C13H25NO3. The zero-order valence-electron chi connectivity index (χ0n) is 11.8. The molecule has 0 aliphatic rings. The highest BCUT2D eigenvalue weighted by Crippen LogP contribution is 2.20. The average Bonchev–Trinajstić information content (AvgIpc) is 2.07. The zero-order chi connectivity index (χ0) is 13.9. The molecule has 0 aromatic carbocycles. The lowest BCUT2D eigenvalue weighted by molar-refractivity contribution is -0.137. The standard InChI is InChI=1S/C13H25NO3/c1-12(2,3)11(17)9(7-8-10(15)16)14-13(4,5)6/h9,14H,7-8H2,1-6H3,(H,15,16)/t9-/m1/s1. The number of nitrogens with one attached hydrogen (secondary N) is 1. The van der Waals surface area contributed by atoms with Crippen molar-refractivity contribution in [3.63, 3.8) is 0 Å². The van der Waals surface area contributed by atoms with Crippen molar-refractivity contribution in [2.24, 2.45) is 5.41 Å². The first-order chi connectivity index (χ1) is 7.43. The third-order valence-corrected chi connectivity index (χ3v) is 2.31. The second-order valence-electron chi connectivity index (χ2n) is 6.49. The van der Waals surface area contributed by atoms with Gasteiger partial charge in [0.2, 0.25) is 0 Å². The van der Waals surface area contributed by atoms with Crippen molar-refractivity contribution in [2.75, 3.05) is 0 Å². The minimum Gasteiger partial charge on any atom is -0.481 e. The summed E-state index contributed by atoms with van der Waals surface area (Å²) < 4.78 is 0. The summed E-state index contributed by atoms with van der Waals surface area (Å²) in [6, 6.07) is -0.397. The predicted molar refractivity (Wildman–Crippen MR) is 68.0 cm³/mol. The fourth-order valence-corrected chi connectivity index (χ4v) is 1.58. The molecule has 0 fully saturated rings. The van der Waals surface area contributed by atoms with E-state index in [1.165, 1.54) is 0 Å². The summed E-state index contributed by atoms with van der Waals surface area (Å²) in [5.41, 5.74) is -0.661. The second-order valence-corrected chi connectivity index (χ2v) is 6.49. The van der Waals surface area contributed by atoms with Crippen LogP contribution in [-0.2, 0) is 9.59 Å². The molecule has 0 amide bonds. The lowest BCUT2D eigenvalue weighted by Gasteiger charge is -2.31. The summed E-state index contributed by atoms with van der Waals surface area (Å²) in [4.78, 5) is 22.8. The summed E-state index contributed by atoms with van der Waals surface area (Å²) in [5, 5.41) is 11.9. The molecule has 0 saturated carbocycles. The maximum absolute atomic E-state index is 12.2. The Balaban J connectivity index is 4.73. The minimum absolute atomic E-state index is 0.00949. The van der Waals surface area contributed by atoms with Gasteiger partial charge in [-0.2, -0.15) is 0 Å². The van der Waals surface area contributed by atoms with Crippen molar-refractivity contribution >= 4 is 11.8 Å². The number of carbonyl (C=O) groups is 2. The second kappa shape index (κ2) is 5.63. The lowest BCUT2D eigenvalue weighted by atomic mass is 9.84. The summed E-state index contributed by atoms with van der Waals surface area (Å²) >= 11 is 0. The highest BCUT2D eigenvalue weighted by atomic mass is 16.4. The molecule has 0 aliphatic heterocycles. The quantitative estimate of drug-likeness (QED) is 0.777. The zero-order valence-corrected chi connectivity index (χ0v) is 11.8. The third-order valence-electron chi connectivity index (χ3n) is 2.31. The monoisotopic (exact) mass is 243 g/mol. The summed E-state index contributed by atoms with van der Waals surface area (Å²) in [7, 11) is 0. The van der Waals surface area contributed by atoms with Crippen LogP contribution >= 0.6 is 0 Å². The van der Waals surface area contributed by atoms with E-state index in [2.05, 4.69) is 5.32 Å². The van der Waals surface area contributed by atoms with Crippen molar-refractivity contribution in [3.8, 4) is 0 Å². The van der Waals surface area contributed by atoms with Crippen LogP contribution in [0.1, 0.15) is 54.4 Å². The highest BCUT2D eigenvalue weighted by molar-refractivity contribution is 5.89. The molecule has 2 N–H and O–H groups in total. The Morgan fingerprint density at radius 1 is 1.12 bits per heavy atom. The Morgan fingerprint density at radius 2 is 1.59 bits per heavy atom. The van der Waals surface area contributed by atoms with Gasteiger partial charge < -0.3 is 10.4 Å². The van der Waals surface area contributed by atoms with Crippen LogP contribution < -0.4 is 5.32 Å². The first kappa shape index (κ1) is 16.1. The molecule has 0 bridgehead atoms. The maximum atomic E-state index is 12.2. The Labute approximate surface area is 104 Å². The number of ketones is 1. The Bertz CT molecular complexity index is 284. The predicted octanol–water partition coefficient (Wildman–Crippen LogP) is 2.22. The third kappa shape index (κ3) is 7.10. The molecule has 0 spiro atoms. The normalized spacial score (nSPS) is 14.5. The van der Waals surface area contributed by atoms with Crippen LogP contribution in [-0.4, -0.2) is 28.4 Å². The number of carbonyl (C=O) groups excluding carboxylic acids is 1. The van der Waals surface area contributed by atoms with E-state index in [9.17, 15) is 9.59 Å². The molecular weight excluding hydrogens is 218 g/mol. The molecule has 4 heteroatoms. The molecule has 0 aromatic rings. The van der Waals surface area contributed by atoms with E-state index in [1.54, 1.807) is 0 Å². The number of carboxylic acids is 1. The van der Waals surface area contributed by atoms with Gasteiger partial charge in [-0.05, 0) is 27.2 Å². The van der Waals surface area contributed by atoms with Gasteiger partial charge in [0.15, 0.2) is 5.78 Å². The van der Waals surface area contributed by atoms with Crippen LogP contribution in [0.2, 0.25) is 0 Å². The van der Waals surface area contributed by atoms with E-state index in [-0.39, 0.29) is 17.7 Å². The van der Waals surface area contributed by atoms with E-state index in [0.29, 0.717) is 6.42 Å². The van der Waals surface area contributed by atoms with Gasteiger partial charge in [0, 0.05) is 17.4 Å². The fraction of sp³-hybridized carbons (Fsp3) is 0.846. The van der Waals surface area contributed by atoms with Crippen LogP contribution in [0.4, 0.5) is 0 Å². The Hall–Kier alpha value is -0.900. The van der Waals surface area contributed by atoms with E-state index in [0.717, 1.165) is 0 Å². The lowest BCUT2D eigenvalue weighted by Crippen LogP contribution is -2.51.